The van der Waals surface area contributed by atoms with Gasteiger partial charge in [0.05, 0.1) is 5.56 Å². The lowest BCUT2D eigenvalue weighted by Crippen LogP contribution is -2.47. The fourth-order valence-corrected chi connectivity index (χ4v) is 3.81. The molecule has 0 aliphatic carbocycles. The lowest BCUT2D eigenvalue weighted by Gasteiger charge is -2.30. The van der Waals surface area contributed by atoms with Crippen LogP contribution >= 0.6 is 0 Å². The Morgan fingerprint density at radius 3 is 2.95 bits per heavy atom. The largest absolute Gasteiger partial charge is 0.348 e. The molecule has 1 amide bonds. The Morgan fingerprint density at radius 1 is 1.24 bits per heavy atom. The lowest BCUT2D eigenvalue weighted by atomic mass is 9.96. The van der Waals surface area contributed by atoms with E-state index >= 15 is 0 Å². The number of carbonyl (C=O) groups is 1. The highest BCUT2D eigenvalue weighted by atomic mass is 16.1. The van der Waals surface area contributed by atoms with Crippen molar-refractivity contribution in [3.8, 4) is 0 Å². The van der Waals surface area contributed by atoms with Gasteiger partial charge >= 0.3 is 0 Å². The van der Waals surface area contributed by atoms with Crippen molar-refractivity contribution in [1.29, 1.82) is 0 Å². The number of carbonyl (C=O) groups excluding carboxylic acids is 1. The van der Waals surface area contributed by atoms with E-state index in [9.17, 15) is 4.79 Å². The van der Waals surface area contributed by atoms with E-state index in [-0.39, 0.29) is 5.91 Å². The first kappa shape index (κ1) is 12.9. The summed E-state index contributed by atoms with van der Waals surface area (Å²) in [4.78, 5) is 15.0. The molecule has 2 aromatic rings. The molecule has 2 aliphatic rings. The van der Waals surface area contributed by atoms with E-state index < -0.39 is 0 Å². The fourth-order valence-electron chi connectivity index (χ4n) is 3.81. The number of nitrogens with one attached hydrogen (secondary N) is 1. The average Bonchev–Trinajstić information content (AvgIpc) is 3.02. The predicted molar refractivity (Wildman–Crippen MR) is 82.6 cm³/mol. The quantitative estimate of drug-likeness (QED) is 0.916. The molecule has 2 saturated heterocycles. The van der Waals surface area contributed by atoms with Gasteiger partial charge in [-0.05, 0) is 56.5 Å². The Morgan fingerprint density at radius 2 is 2.10 bits per heavy atom. The molecule has 4 rings (SSSR count). The summed E-state index contributed by atoms with van der Waals surface area (Å²) in [7, 11) is 0. The molecule has 4 heterocycles. The zero-order valence-corrected chi connectivity index (χ0v) is 12.4. The van der Waals surface area contributed by atoms with Crippen molar-refractivity contribution in [2.45, 2.75) is 25.8 Å². The van der Waals surface area contributed by atoms with E-state index in [1.807, 2.05) is 18.3 Å². The third kappa shape index (κ3) is 2.33. The van der Waals surface area contributed by atoms with E-state index in [0.29, 0.717) is 6.04 Å². The second-order valence-electron chi connectivity index (χ2n) is 6.51. The molecule has 110 valence electrons. The van der Waals surface area contributed by atoms with Gasteiger partial charge in [-0.1, -0.05) is 0 Å². The van der Waals surface area contributed by atoms with Crippen LogP contribution in [0.2, 0.25) is 0 Å². The van der Waals surface area contributed by atoms with Crippen molar-refractivity contribution in [1.82, 2.24) is 14.6 Å². The highest BCUT2D eigenvalue weighted by molar-refractivity contribution is 5.94. The van der Waals surface area contributed by atoms with E-state index in [4.69, 9.17) is 0 Å². The van der Waals surface area contributed by atoms with Crippen LogP contribution in [0.5, 0.6) is 0 Å². The standard InChI is InChI=1S/C17H21N3O/c1-12-2-4-16-5-3-14(10-20(12)16)17(21)18-15-8-13-6-7-19(9-13)11-15/h2-5,10,13,15H,6-9,11H2,1H3,(H,18,21). The van der Waals surface area contributed by atoms with Crippen LogP contribution in [0.1, 0.15) is 28.9 Å². The van der Waals surface area contributed by atoms with E-state index in [1.165, 1.54) is 19.5 Å². The molecule has 0 aromatic carbocycles. The van der Waals surface area contributed by atoms with Crippen LogP contribution in [0.4, 0.5) is 0 Å². The number of aromatic nitrogens is 1. The van der Waals surface area contributed by atoms with Gasteiger partial charge in [0.2, 0.25) is 0 Å². The van der Waals surface area contributed by atoms with Crippen LogP contribution in [0.25, 0.3) is 5.52 Å². The Kier molecular flexibility index (Phi) is 3.00. The van der Waals surface area contributed by atoms with Crippen LogP contribution in [0.15, 0.2) is 30.5 Å². The van der Waals surface area contributed by atoms with Crippen molar-refractivity contribution < 1.29 is 4.79 Å². The minimum absolute atomic E-state index is 0.0532. The first-order valence-corrected chi connectivity index (χ1v) is 7.80. The fraction of sp³-hybridized carbons (Fsp3) is 0.471. The smallest absolute Gasteiger partial charge is 0.253 e. The number of fused-ring (bicyclic) bond motifs is 3. The minimum Gasteiger partial charge on any atom is -0.348 e. The Balaban J connectivity index is 1.52. The monoisotopic (exact) mass is 283 g/mol. The molecule has 3 atom stereocenters. The number of piperidine rings is 1. The summed E-state index contributed by atoms with van der Waals surface area (Å²) < 4.78 is 2.07. The molecular formula is C17H21N3O. The molecule has 1 N–H and O–H groups in total. The summed E-state index contributed by atoms with van der Waals surface area (Å²) in [5.41, 5.74) is 3.03. The van der Waals surface area contributed by atoms with Gasteiger partial charge in [0.15, 0.2) is 0 Å². The summed E-state index contributed by atoms with van der Waals surface area (Å²) >= 11 is 0. The molecule has 3 unspecified atom stereocenters. The van der Waals surface area contributed by atoms with Gasteiger partial charge in [0.1, 0.15) is 0 Å². The summed E-state index contributed by atoms with van der Waals surface area (Å²) in [6.07, 6.45) is 4.37. The van der Waals surface area contributed by atoms with E-state index in [1.54, 1.807) is 0 Å². The van der Waals surface area contributed by atoms with Crippen LogP contribution < -0.4 is 5.32 Å². The molecule has 0 radical (unpaired) electrons. The van der Waals surface area contributed by atoms with Crippen molar-refractivity contribution in [3.05, 3.63) is 41.7 Å². The molecule has 2 aliphatic heterocycles. The third-order valence-electron chi connectivity index (χ3n) is 4.92. The normalized spacial score (nSPS) is 28.0. The predicted octanol–water partition coefficient (Wildman–Crippen LogP) is 2.07. The molecule has 0 saturated carbocycles. The van der Waals surface area contributed by atoms with Gasteiger partial charge in [-0.15, -0.1) is 0 Å². The highest BCUT2D eigenvalue weighted by Gasteiger charge is 2.32. The number of pyridine rings is 1. The van der Waals surface area contributed by atoms with Gasteiger partial charge in [0, 0.05) is 36.5 Å². The summed E-state index contributed by atoms with van der Waals surface area (Å²) in [5, 5.41) is 3.22. The van der Waals surface area contributed by atoms with Gasteiger partial charge < -0.3 is 14.6 Å². The second kappa shape index (κ2) is 4.88. The summed E-state index contributed by atoms with van der Waals surface area (Å²) in [6, 6.07) is 8.38. The molecule has 21 heavy (non-hydrogen) atoms. The van der Waals surface area contributed by atoms with Crippen LogP contribution in [0.3, 0.4) is 0 Å². The van der Waals surface area contributed by atoms with Gasteiger partial charge in [-0.25, -0.2) is 0 Å². The van der Waals surface area contributed by atoms with Crippen molar-refractivity contribution in [2.75, 3.05) is 19.6 Å². The number of rotatable bonds is 2. The first-order valence-electron chi connectivity index (χ1n) is 7.80. The number of nitrogens with zero attached hydrogens (tertiary/aromatic N) is 2. The third-order valence-corrected chi connectivity index (χ3v) is 4.92. The van der Waals surface area contributed by atoms with Crippen molar-refractivity contribution >= 4 is 11.4 Å². The molecule has 4 heteroatoms. The summed E-state index contributed by atoms with van der Waals surface area (Å²) in [6.45, 7) is 5.49. The zero-order valence-electron chi connectivity index (χ0n) is 12.4. The molecule has 0 spiro atoms. The maximum absolute atomic E-state index is 12.5. The lowest BCUT2D eigenvalue weighted by molar-refractivity contribution is 0.0909. The van der Waals surface area contributed by atoms with Crippen LogP contribution in [0, 0.1) is 12.8 Å². The molecular weight excluding hydrogens is 262 g/mol. The number of aryl methyl sites for hydroxylation is 1. The highest BCUT2D eigenvalue weighted by Crippen LogP contribution is 2.26. The first-order chi connectivity index (χ1) is 10.2. The maximum Gasteiger partial charge on any atom is 0.253 e. The van der Waals surface area contributed by atoms with Gasteiger partial charge in [-0.2, -0.15) is 0 Å². The summed E-state index contributed by atoms with van der Waals surface area (Å²) in [5.74, 6) is 0.829. The maximum atomic E-state index is 12.5. The molecule has 2 aromatic heterocycles. The topological polar surface area (TPSA) is 36.8 Å². The molecule has 2 fully saturated rings. The number of hydrogen-bond donors (Lipinski definition) is 1. The Bertz CT molecular complexity index is 678. The second-order valence-corrected chi connectivity index (χ2v) is 6.51. The van der Waals surface area contributed by atoms with Crippen LogP contribution in [-0.4, -0.2) is 40.9 Å². The van der Waals surface area contributed by atoms with Crippen molar-refractivity contribution in [3.63, 3.8) is 0 Å². The number of hydrogen-bond acceptors (Lipinski definition) is 2. The number of amides is 1. The van der Waals surface area contributed by atoms with Gasteiger partial charge in [-0.3, -0.25) is 4.79 Å². The molecule has 4 nitrogen and oxygen atoms in total. The van der Waals surface area contributed by atoms with E-state index in [0.717, 1.165) is 35.7 Å². The van der Waals surface area contributed by atoms with E-state index in [2.05, 4.69) is 33.7 Å². The SMILES string of the molecule is Cc1ccc2ccc(C(=O)NC3CC4CCN(C4)C3)cn12. The molecule has 2 bridgehead atoms. The Labute approximate surface area is 124 Å². The van der Waals surface area contributed by atoms with Crippen LogP contribution in [-0.2, 0) is 0 Å². The zero-order chi connectivity index (χ0) is 14.4. The van der Waals surface area contributed by atoms with Gasteiger partial charge in [0.25, 0.3) is 5.91 Å². The Hall–Kier alpha value is -1.81. The average molecular weight is 283 g/mol. The van der Waals surface area contributed by atoms with Crippen molar-refractivity contribution in [2.24, 2.45) is 5.92 Å². The minimum atomic E-state index is 0.0532.